The van der Waals surface area contributed by atoms with Crippen LogP contribution in [0.4, 0.5) is 5.69 Å². The van der Waals surface area contributed by atoms with Gasteiger partial charge in [-0.25, -0.2) is 4.98 Å². The van der Waals surface area contributed by atoms with Gasteiger partial charge in [0.25, 0.3) is 0 Å². The molecular weight excluding hydrogens is 394 g/mol. The number of methoxy groups -OCH3 is 1. The Hall–Kier alpha value is -2.23. The summed E-state index contributed by atoms with van der Waals surface area (Å²) in [6.07, 6.45) is 3.59. The Morgan fingerprint density at radius 2 is 2.14 bits per heavy atom. The highest BCUT2D eigenvalue weighted by Gasteiger charge is 2.21. The SMILES string of the molecule is CCCCc1ccc(C#N)c(SC(CC)C(=O)Nc2ccc(OC)c(Cl)c2)n1. The predicted octanol–water partition coefficient (Wildman–Crippen LogP) is 5.47. The number of hydrogen-bond donors (Lipinski definition) is 1. The molecule has 5 nitrogen and oxygen atoms in total. The second-order valence-corrected chi connectivity index (χ2v) is 7.82. The third kappa shape index (κ3) is 5.88. The van der Waals surface area contributed by atoms with Crippen LogP contribution in [0.25, 0.3) is 0 Å². The summed E-state index contributed by atoms with van der Waals surface area (Å²) in [5.74, 6) is 0.395. The van der Waals surface area contributed by atoms with Gasteiger partial charge in [0.2, 0.25) is 5.91 Å². The molecule has 1 amide bonds. The first-order valence-electron chi connectivity index (χ1n) is 9.23. The van der Waals surface area contributed by atoms with Gasteiger partial charge in [0.15, 0.2) is 0 Å². The number of benzene rings is 1. The largest absolute Gasteiger partial charge is 0.495 e. The Morgan fingerprint density at radius 3 is 2.75 bits per heavy atom. The molecule has 0 radical (unpaired) electrons. The van der Waals surface area contributed by atoms with Crippen LogP contribution in [0.5, 0.6) is 5.75 Å². The molecule has 0 aliphatic rings. The number of carbonyl (C=O) groups is 1. The van der Waals surface area contributed by atoms with E-state index in [9.17, 15) is 10.1 Å². The van der Waals surface area contributed by atoms with Crippen molar-refractivity contribution in [2.45, 2.75) is 49.8 Å². The lowest BCUT2D eigenvalue weighted by Crippen LogP contribution is -2.24. The number of unbranched alkanes of at least 4 members (excludes halogenated alkanes) is 1. The smallest absolute Gasteiger partial charge is 0.237 e. The van der Waals surface area contributed by atoms with Crippen molar-refractivity contribution in [2.24, 2.45) is 0 Å². The van der Waals surface area contributed by atoms with Crippen LogP contribution in [0.1, 0.15) is 44.4 Å². The minimum Gasteiger partial charge on any atom is -0.495 e. The molecule has 1 unspecified atom stereocenters. The van der Waals surface area contributed by atoms with Gasteiger partial charge in [0, 0.05) is 11.4 Å². The number of hydrogen-bond acceptors (Lipinski definition) is 5. The maximum absolute atomic E-state index is 12.8. The molecule has 148 valence electrons. The number of thioether (sulfide) groups is 1. The summed E-state index contributed by atoms with van der Waals surface area (Å²) in [5.41, 5.74) is 2.03. The van der Waals surface area contributed by atoms with Gasteiger partial charge >= 0.3 is 0 Å². The fourth-order valence-corrected chi connectivity index (χ4v) is 3.85. The van der Waals surface area contributed by atoms with Crippen LogP contribution in [-0.2, 0) is 11.2 Å². The molecule has 1 aromatic heterocycles. The molecule has 1 atom stereocenters. The molecule has 0 saturated carbocycles. The molecule has 0 bridgehead atoms. The fraction of sp³-hybridized carbons (Fsp3) is 0.381. The Morgan fingerprint density at radius 1 is 1.36 bits per heavy atom. The van der Waals surface area contributed by atoms with E-state index < -0.39 is 0 Å². The van der Waals surface area contributed by atoms with Gasteiger partial charge in [-0.1, -0.05) is 43.6 Å². The molecule has 0 aliphatic heterocycles. The van der Waals surface area contributed by atoms with E-state index >= 15 is 0 Å². The number of carbonyl (C=O) groups excluding carboxylic acids is 1. The lowest BCUT2D eigenvalue weighted by molar-refractivity contribution is -0.115. The second-order valence-electron chi connectivity index (χ2n) is 6.22. The van der Waals surface area contributed by atoms with Crippen molar-refractivity contribution < 1.29 is 9.53 Å². The van der Waals surface area contributed by atoms with Crippen LogP contribution in [0.2, 0.25) is 5.02 Å². The van der Waals surface area contributed by atoms with Crippen LogP contribution in [-0.4, -0.2) is 23.3 Å². The maximum atomic E-state index is 12.8. The standard InChI is InChI=1S/C21H24ClN3O2S/c1-4-6-7-15-9-8-14(13-23)21(25-15)28-19(5-2)20(26)24-16-10-11-18(27-3)17(22)12-16/h8-12,19H,4-7H2,1-3H3,(H,24,26). The van der Waals surface area contributed by atoms with E-state index in [0.717, 1.165) is 25.0 Å². The summed E-state index contributed by atoms with van der Waals surface area (Å²) in [6, 6.07) is 10.9. The van der Waals surface area contributed by atoms with Gasteiger partial charge < -0.3 is 10.1 Å². The Balaban J connectivity index is 2.15. The number of nitriles is 1. The average Bonchev–Trinajstić information content (AvgIpc) is 2.70. The highest BCUT2D eigenvalue weighted by molar-refractivity contribution is 8.00. The lowest BCUT2D eigenvalue weighted by Gasteiger charge is -2.16. The topological polar surface area (TPSA) is 75.0 Å². The van der Waals surface area contributed by atoms with Crippen molar-refractivity contribution in [2.75, 3.05) is 12.4 Å². The quantitative estimate of drug-likeness (QED) is 0.547. The fourth-order valence-electron chi connectivity index (χ4n) is 2.57. The highest BCUT2D eigenvalue weighted by atomic mass is 35.5. The first-order valence-corrected chi connectivity index (χ1v) is 10.5. The Kier molecular flexibility index (Phi) is 8.62. The number of anilines is 1. The molecule has 0 saturated heterocycles. The van der Waals surface area contributed by atoms with Gasteiger partial charge in [-0.2, -0.15) is 5.26 Å². The van der Waals surface area contributed by atoms with Gasteiger partial charge in [0.1, 0.15) is 16.8 Å². The summed E-state index contributed by atoms with van der Waals surface area (Å²) in [7, 11) is 1.54. The molecule has 0 aliphatic carbocycles. The van der Waals surface area contributed by atoms with Crippen molar-refractivity contribution in [1.82, 2.24) is 4.98 Å². The normalized spacial score (nSPS) is 11.5. The van der Waals surface area contributed by atoms with E-state index in [0.29, 0.717) is 33.5 Å². The zero-order valence-electron chi connectivity index (χ0n) is 16.3. The van der Waals surface area contributed by atoms with Crippen molar-refractivity contribution in [3.63, 3.8) is 0 Å². The molecule has 1 heterocycles. The third-order valence-electron chi connectivity index (χ3n) is 4.16. The summed E-state index contributed by atoms with van der Waals surface area (Å²) >= 11 is 7.45. The monoisotopic (exact) mass is 417 g/mol. The first-order chi connectivity index (χ1) is 13.5. The zero-order chi connectivity index (χ0) is 20.5. The number of nitrogens with one attached hydrogen (secondary N) is 1. The van der Waals surface area contributed by atoms with E-state index in [-0.39, 0.29) is 11.2 Å². The number of aromatic nitrogens is 1. The predicted molar refractivity (Wildman–Crippen MR) is 114 cm³/mol. The number of nitrogens with zero attached hydrogens (tertiary/aromatic N) is 2. The number of aryl methyl sites for hydroxylation is 1. The number of pyridine rings is 1. The molecule has 28 heavy (non-hydrogen) atoms. The number of halogens is 1. The van der Waals surface area contributed by atoms with Crippen molar-refractivity contribution >= 4 is 35.0 Å². The van der Waals surface area contributed by atoms with Gasteiger partial charge in [0.05, 0.1) is 22.9 Å². The molecule has 2 aromatic rings. The van der Waals surface area contributed by atoms with E-state index in [4.69, 9.17) is 16.3 Å². The molecule has 0 fully saturated rings. The molecule has 2 rings (SSSR count). The molecule has 7 heteroatoms. The summed E-state index contributed by atoms with van der Waals surface area (Å²) in [6.45, 7) is 4.06. The highest BCUT2D eigenvalue weighted by Crippen LogP contribution is 2.30. The van der Waals surface area contributed by atoms with Gasteiger partial charge in [-0.05, 0) is 49.6 Å². The molecule has 1 N–H and O–H groups in total. The second kappa shape index (κ2) is 10.9. The summed E-state index contributed by atoms with van der Waals surface area (Å²) in [4.78, 5) is 17.4. The van der Waals surface area contributed by atoms with E-state index in [1.165, 1.54) is 18.9 Å². The van der Waals surface area contributed by atoms with Crippen molar-refractivity contribution in [3.05, 3.63) is 46.6 Å². The number of rotatable bonds is 9. The summed E-state index contributed by atoms with van der Waals surface area (Å²) < 4.78 is 5.13. The zero-order valence-corrected chi connectivity index (χ0v) is 17.9. The van der Waals surface area contributed by atoms with E-state index in [1.54, 1.807) is 24.3 Å². The van der Waals surface area contributed by atoms with Crippen molar-refractivity contribution in [3.8, 4) is 11.8 Å². The first kappa shape index (κ1) is 22.1. The van der Waals surface area contributed by atoms with Crippen LogP contribution >= 0.6 is 23.4 Å². The maximum Gasteiger partial charge on any atom is 0.237 e. The summed E-state index contributed by atoms with van der Waals surface area (Å²) in [5, 5.41) is 12.9. The van der Waals surface area contributed by atoms with Crippen LogP contribution < -0.4 is 10.1 Å². The average molecular weight is 418 g/mol. The third-order valence-corrected chi connectivity index (χ3v) is 5.82. The van der Waals surface area contributed by atoms with Crippen LogP contribution in [0.3, 0.4) is 0 Å². The minimum absolute atomic E-state index is 0.154. The number of amides is 1. The van der Waals surface area contributed by atoms with Crippen LogP contribution in [0, 0.1) is 11.3 Å². The van der Waals surface area contributed by atoms with Gasteiger partial charge in [-0.3, -0.25) is 4.79 Å². The number of ether oxygens (including phenoxy) is 1. The molecular formula is C21H24ClN3O2S. The van der Waals surface area contributed by atoms with Crippen molar-refractivity contribution in [1.29, 1.82) is 5.26 Å². The van der Waals surface area contributed by atoms with E-state index in [1.807, 2.05) is 13.0 Å². The Bertz CT molecular complexity index is 867. The molecule has 1 aromatic carbocycles. The van der Waals surface area contributed by atoms with E-state index in [2.05, 4.69) is 23.3 Å². The minimum atomic E-state index is -0.373. The molecule has 0 spiro atoms. The lowest BCUT2D eigenvalue weighted by atomic mass is 10.2. The Labute approximate surface area is 175 Å². The van der Waals surface area contributed by atoms with Gasteiger partial charge in [-0.15, -0.1) is 0 Å². The van der Waals surface area contributed by atoms with Crippen LogP contribution in [0.15, 0.2) is 35.4 Å².